The first-order valence-corrected chi connectivity index (χ1v) is 19.5. The van der Waals surface area contributed by atoms with Gasteiger partial charge in [0.15, 0.2) is 28.9 Å². The number of para-hydroxylation sites is 1. The van der Waals surface area contributed by atoms with Gasteiger partial charge in [0, 0.05) is 64.1 Å². The lowest BCUT2D eigenvalue weighted by Crippen LogP contribution is -2.00. The van der Waals surface area contributed by atoms with Gasteiger partial charge in [-0.2, -0.15) is 0 Å². The summed E-state index contributed by atoms with van der Waals surface area (Å²) in [7, 11) is 0. The molecule has 0 radical (unpaired) electrons. The van der Waals surface area contributed by atoms with Gasteiger partial charge in [-0.15, -0.1) is 11.3 Å². The summed E-state index contributed by atoms with van der Waals surface area (Å²) in [4.78, 5) is 25.4. The van der Waals surface area contributed by atoms with Crippen LogP contribution in [0, 0.1) is 0 Å². The number of hydrogen-bond acceptors (Lipinski definition) is 8. The fourth-order valence-electron chi connectivity index (χ4n) is 7.92. The number of nitrogens with zero attached hydrogens (tertiary/aromatic N) is 5. The first-order chi connectivity index (χ1) is 28.2. The number of aromatic nitrogens is 5. The van der Waals surface area contributed by atoms with Crippen LogP contribution in [0.25, 0.3) is 121 Å². The average molecular weight is 750 g/mol. The maximum atomic E-state index is 6.61. The van der Waals surface area contributed by atoms with E-state index < -0.39 is 0 Å². The Morgan fingerprint density at radius 2 is 1.02 bits per heavy atom. The van der Waals surface area contributed by atoms with Crippen molar-refractivity contribution in [3.05, 3.63) is 164 Å². The Labute approximate surface area is 328 Å². The quantitative estimate of drug-likeness (QED) is 0.173. The maximum absolute atomic E-state index is 6.61. The summed E-state index contributed by atoms with van der Waals surface area (Å²) in [6.45, 7) is 0. The topological polar surface area (TPSA) is 90.7 Å². The van der Waals surface area contributed by atoms with Crippen molar-refractivity contribution in [2.75, 3.05) is 0 Å². The van der Waals surface area contributed by atoms with Gasteiger partial charge in [0.1, 0.15) is 28.0 Å². The zero-order chi connectivity index (χ0) is 37.5. The lowest BCUT2D eigenvalue weighted by atomic mass is 10.0. The van der Waals surface area contributed by atoms with Crippen LogP contribution >= 0.6 is 11.3 Å². The van der Waals surface area contributed by atoms with Crippen LogP contribution in [0.3, 0.4) is 0 Å². The van der Waals surface area contributed by atoms with Crippen LogP contribution < -0.4 is 0 Å². The van der Waals surface area contributed by atoms with E-state index in [4.69, 9.17) is 33.8 Å². The predicted octanol–water partition coefficient (Wildman–Crippen LogP) is 13.2. The van der Waals surface area contributed by atoms with Crippen molar-refractivity contribution in [2.45, 2.75) is 0 Å². The largest absolute Gasteiger partial charge is 0.456 e. The molecule has 0 bridgehead atoms. The molecule has 12 aromatic rings. The lowest BCUT2D eigenvalue weighted by Gasteiger charge is -2.09. The molecule has 5 aromatic heterocycles. The summed E-state index contributed by atoms with van der Waals surface area (Å²) in [5, 5.41) is 5.24. The molecule has 0 spiro atoms. The van der Waals surface area contributed by atoms with Crippen molar-refractivity contribution in [3.8, 4) is 56.8 Å². The zero-order valence-corrected chi connectivity index (χ0v) is 30.9. The highest BCUT2D eigenvalue weighted by Crippen LogP contribution is 2.44. The molecule has 8 heteroatoms. The molecule has 12 rings (SSSR count). The van der Waals surface area contributed by atoms with Crippen molar-refractivity contribution in [2.24, 2.45) is 0 Å². The number of furan rings is 2. The molecule has 0 aliphatic heterocycles. The van der Waals surface area contributed by atoms with Crippen LogP contribution in [-0.4, -0.2) is 24.9 Å². The molecule has 57 heavy (non-hydrogen) atoms. The zero-order valence-electron chi connectivity index (χ0n) is 30.0. The predicted molar refractivity (Wildman–Crippen MR) is 230 cm³/mol. The Bertz CT molecular complexity index is 3480. The standard InChI is InChI=1S/C49H27N5O2S/c1-3-13-28(14-4-1)46-52-47(29-15-5-2-6-16-29)54-49(53-46)35-20-12-23-38-41(35)33-26-25-30(27-39(33)55-38)48-50-42-34-18-7-9-22-37(34)56-44(42)43(51-48)36-21-11-19-32-31-17-8-10-24-40(31)57-45(32)36/h1-27H. The van der Waals surface area contributed by atoms with Crippen LogP contribution in [-0.2, 0) is 0 Å². The van der Waals surface area contributed by atoms with Gasteiger partial charge >= 0.3 is 0 Å². The highest BCUT2D eigenvalue weighted by molar-refractivity contribution is 7.26. The first-order valence-electron chi connectivity index (χ1n) is 18.7. The molecule has 0 unspecified atom stereocenters. The molecular weight excluding hydrogens is 723 g/mol. The Hall–Kier alpha value is -7.55. The molecule has 5 heterocycles. The van der Waals surface area contributed by atoms with Gasteiger partial charge in [0.2, 0.25) is 0 Å². The molecule has 7 aromatic carbocycles. The summed E-state index contributed by atoms with van der Waals surface area (Å²) in [6.07, 6.45) is 0. The Balaban J connectivity index is 1.05. The first kappa shape index (κ1) is 31.8. The van der Waals surface area contributed by atoms with E-state index in [1.54, 1.807) is 11.3 Å². The summed E-state index contributed by atoms with van der Waals surface area (Å²) in [5.74, 6) is 2.36. The lowest BCUT2D eigenvalue weighted by molar-refractivity contribution is 0.667. The molecule has 0 N–H and O–H groups in total. The van der Waals surface area contributed by atoms with Crippen LogP contribution in [0.5, 0.6) is 0 Å². The van der Waals surface area contributed by atoms with Gasteiger partial charge in [-0.05, 0) is 36.4 Å². The highest BCUT2D eigenvalue weighted by Gasteiger charge is 2.23. The normalized spacial score (nSPS) is 11.9. The van der Waals surface area contributed by atoms with Crippen LogP contribution in [0.4, 0.5) is 0 Å². The summed E-state index contributed by atoms with van der Waals surface area (Å²) < 4.78 is 15.5. The van der Waals surface area contributed by atoms with E-state index in [0.717, 1.165) is 71.1 Å². The average Bonchev–Trinajstić information content (AvgIpc) is 3.98. The molecule has 0 saturated heterocycles. The molecule has 0 aliphatic carbocycles. The molecule has 0 saturated carbocycles. The van der Waals surface area contributed by atoms with Gasteiger partial charge in [-0.3, -0.25) is 0 Å². The second kappa shape index (κ2) is 12.5. The number of benzene rings is 7. The number of rotatable bonds is 5. The van der Waals surface area contributed by atoms with Crippen molar-refractivity contribution in [1.82, 2.24) is 24.9 Å². The Morgan fingerprint density at radius 1 is 0.386 bits per heavy atom. The number of hydrogen-bond donors (Lipinski definition) is 0. The van der Waals surface area contributed by atoms with Crippen molar-refractivity contribution in [3.63, 3.8) is 0 Å². The third kappa shape index (κ3) is 5.08. The molecule has 0 aliphatic rings. The fraction of sp³-hybridized carbons (Fsp3) is 0. The monoisotopic (exact) mass is 749 g/mol. The van der Waals surface area contributed by atoms with Gasteiger partial charge in [-0.1, -0.05) is 127 Å². The third-order valence-corrected chi connectivity index (χ3v) is 11.8. The molecule has 7 nitrogen and oxygen atoms in total. The molecule has 0 atom stereocenters. The van der Waals surface area contributed by atoms with Crippen LogP contribution in [0.2, 0.25) is 0 Å². The third-order valence-electron chi connectivity index (χ3n) is 10.6. The van der Waals surface area contributed by atoms with E-state index in [2.05, 4.69) is 60.7 Å². The van der Waals surface area contributed by atoms with Gasteiger partial charge in [0.25, 0.3) is 0 Å². The minimum Gasteiger partial charge on any atom is -0.456 e. The fourth-order valence-corrected chi connectivity index (χ4v) is 9.13. The summed E-state index contributed by atoms with van der Waals surface area (Å²) in [5.41, 5.74) is 8.95. The van der Waals surface area contributed by atoms with Crippen molar-refractivity contribution >= 4 is 75.5 Å². The van der Waals surface area contributed by atoms with E-state index in [-0.39, 0.29) is 0 Å². The second-order valence-electron chi connectivity index (χ2n) is 14.0. The van der Waals surface area contributed by atoms with E-state index >= 15 is 0 Å². The minimum atomic E-state index is 0.570. The maximum Gasteiger partial charge on any atom is 0.180 e. The van der Waals surface area contributed by atoms with E-state index in [1.807, 2.05) is 103 Å². The van der Waals surface area contributed by atoms with E-state index in [9.17, 15) is 0 Å². The molecular formula is C49H27N5O2S. The number of thiophene rings is 1. The van der Waals surface area contributed by atoms with E-state index in [0.29, 0.717) is 34.5 Å². The molecule has 0 fully saturated rings. The highest BCUT2D eigenvalue weighted by atomic mass is 32.1. The van der Waals surface area contributed by atoms with Crippen molar-refractivity contribution < 1.29 is 8.83 Å². The van der Waals surface area contributed by atoms with Crippen LogP contribution in [0.1, 0.15) is 0 Å². The van der Waals surface area contributed by atoms with E-state index in [1.165, 1.54) is 15.5 Å². The van der Waals surface area contributed by atoms with Gasteiger partial charge in [-0.25, -0.2) is 24.9 Å². The Morgan fingerprint density at radius 3 is 1.82 bits per heavy atom. The summed E-state index contributed by atoms with van der Waals surface area (Å²) in [6, 6.07) is 55.2. The Kier molecular flexibility index (Phi) is 6.96. The smallest absolute Gasteiger partial charge is 0.180 e. The van der Waals surface area contributed by atoms with Crippen molar-refractivity contribution in [1.29, 1.82) is 0 Å². The van der Waals surface area contributed by atoms with Gasteiger partial charge in [0.05, 0.1) is 0 Å². The minimum absolute atomic E-state index is 0.570. The van der Waals surface area contributed by atoms with Crippen LogP contribution in [0.15, 0.2) is 173 Å². The van der Waals surface area contributed by atoms with Gasteiger partial charge < -0.3 is 8.83 Å². The second-order valence-corrected chi connectivity index (χ2v) is 15.0. The SMILES string of the molecule is c1ccc(-c2nc(-c3ccccc3)nc(-c3cccc4oc5cc(-c6nc(-c7cccc8c7sc7ccccc78)c7oc8ccccc8c7n6)ccc5c34)n2)cc1. The summed E-state index contributed by atoms with van der Waals surface area (Å²) >= 11 is 1.77. The number of fused-ring (bicyclic) bond motifs is 9. The molecule has 266 valence electrons. The molecule has 0 amide bonds.